The number of amides is 2. The van der Waals surface area contributed by atoms with Crippen LogP contribution in [0.15, 0.2) is 42.5 Å². The third kappa shape index (κ3) is 7.67. The van der Waals surface area contributed by atoms with Gasteiger partial charge in [-0.05, 0) is 36.8 Å². The number of aromatic nitrogens is 2. The van der Waals surface area contributed by atoms with E-state index in [1.807, 2.05) is 26.8 Å². The van der Waals surface area contributed by atoms with Gasteiger partial charge in [-0.2, -0.15) is 5.10 Å². The van der Waals surface area contributed by atoms with Crippen LogP contribution in [-0.2, 0) is 10.2 Å². The van der Waals surface area contributed by atoms with Crippen LogP contribution in [0.5, 0.6) is 11.5 Å². The molecule has 3 aromatic rings. The first-order valence-electron chi connectivity index (χ1n) is 12.9. The molecule has 0 bridgehead atoms. The highest BCUT2D eigenvalue weighted by molar-refractivity contribution is 6.42. The molecule has 2 amide bonds. The second kappa shape index (κ2) is 13.2. The smallest absolute Gasteiger partial charge is 0.258 e. The summed E-state index contributed by atoms with van der Waals surface area (Å²) in [4.78, 5) is 28.5. The predicted molar refractivity (Wildman–Crippen MR) is 156 cm³/mol. The van der Waals surface area contributed by atoms with Crippen molar-refractivity contribution < 1.29 is 19.1 Å². The number of anilines is 1. The summed E-state index contributed by atoms with van der Waals surface area (Å²) < 4.78 is 12.3. The Morgan fingerprint density at radius 3 is 2.36 bits per heavy atom. The number of halogens is 2. The molecule has 1 aromatic heterocycles. The minimum Gasteiger partial charge on any atom is -0.497 e. The Kier molecular flexibility index (Phi) is 10.3. The van der Waals surface area contributed by atoms with Crippen LogP contribution in [0.2, 0.25) is 10.0 Å². The van der Waals surface area contributed by atoms with Crippen molar-refractivity contribution in [2.45, 2.75) is 52.4 Å². The number of rotatable bonds is 11. The summed E-state index contributed by atoms with van der Waals surface area (Å²) >= 11 is 12.4. The van der Waals surface area contributed by atoms with E-state index in [0.29, 0.717) is 45.2 Å². The zero-order valence-corrected chi connectivity index (χ0v) is 24.8. The number of hydrogen-bond acceptors (Lipinski definition) is 5. The van der Waals surface area contributed by atoms with Crippen LogP contribution in [0.1, 0.15) is 63.0 Å². The fourth-order valence-electron chi connectivity index (χ4n) is 3.96. The second-order valence-corrected chi connectivity index (χ2v) is 11.0. The largest absolute Gasteiger partial charge is 0.497 e. The number of carbonyl (C=O) groups is 2. The third-order valence-electron chi connectivity index (χ3n) is 6.19. The topological polar surface area (TPSA) is 85.7 Å². The minimum atomic E-state index is -0.353. The summed E-state index contributed by atoms with van der Waals surface area (Å²) in [5.74, 6) is 0.770. The normalized spacial score (nSPS) is 11.3. The number of nitrogens with zero attached hydrogens (tertiary/aromatic N) is 3. The first-order chi connectivity index (χ1) is 18.5. The van der Waals surface area contributed by atoms with Gasteiger partial charge >= 0.3 is 0 Å². The molecular formula is C29H36Cl2N4O4. The van der Waals surface area contributed by atoms with Crippen LogP contribution in [0.4, 0.5) is 5.82 Å². The van der Waals surface area contributed by atoms with Gasteiger partial charge in [-0.3, -0.25) is 9.59 Å². The molecule has 3 rings (SSSR count). The monoisotopic (exact) mass is 574 g/mol. The fraction of sp³-hybridized carbons (Fsp3) is 0.414. The van der Waals surface area contributed by atoms with E-state index in [0.717, 1.165) is 25.0 Å². The van der Waals surface area contributed by atoms with Gasteiger partial charge < -0.3 is 19.7 Å². The van der Waals surface area contributed by atoms with Crippen molar-refractivity contribution in [2.75, 3.05) is 32.6 Å². The molecule has 0 spiro atoms. The zero-order valence-electron chi connectivity index (χ0n) is 23.3. The molecule has 2 aromatic carbocycles. The Hall–Kier alpha value is -3.23. The predicted octanol–water partition coefficient (Wildman–Crippen LogP) is 6.76. The van der Waals surface area contributed by atoms with Crippen LogP contribution in [-0.4, -0.2) is 53.8 Å². The molecule has 10 heteroatoms. The number of nitrogens with one attached hydrogen (secondary N) is 1. The molecule has 0 aliphatic heterocycles. The molecule has 0 aliphatic carbocycles. The van der Waals surface area contributed by atoms with Crippen LogP contribution in [0.25, 0.3) is 5.69 Å². The van der Waals surface area contributed by atoms with Crippen LogP contribution in [0.3, 0.4) is 0 Å². The van der Waals surface area contributed by atoms with Crippen molar-refractivity contribution in [2.24, 2.45) is 0 Å². The van der Waals surface area contributed by atoms with Crippen molar-refractivity contribution >= 4 is 40.8 Å². The Labute approximate surface area is 240 Å². The van der Waals surface area contributed by atoms with E-state index in [1.54, 1.807) is 53.1 Å². The van der Waals surface area contributed by atoms with E-state index < -0.39 is 0 Å². The Balaban J connectivity index is 1.90. The van der Waals surface area contributed by atoms with Gasteiger partial charge in [-0.1, -0.05) is 63.7 Å². The second-order valence-electron chi connectivity index (χ2n) is 10.2. The van der Waals surface area contributed by atoms with Gasteiger partial charge in [0.2, 0.25) is 5.91 Å². The molecule has 0 saturated carbocycles. The first kappa shape index (κ1) is 30.3. The molecule has 0 saturated heterocycles. The Morgan fingerprint density at radius 2 is 1.74 bits per heavy atom. The first-order valence-corrected chi connectivity index (χ1v) is 13.6. The number of benzene rings is 2. The Bertz CT molecular complexity index is 1320. The van der Waals surface area contributed by atoms with E-state index >= 15 is 0 Å². The lowest BCUT2D eigenvalue weighted by atomic mass is 9.92. The molecule has 0 radical (unpaired) electrons. The quantitative estimate of drug-likeness (QED) is 0.255. The molecule has 0 unspecified atom stereocenters. The van der Waals surface area contributed by atoms with Gasteiger partial charge in [0.05, 0.1) is 41.2 Å². The van der Waals surface area contributed by atoms with Crippen LogP contribution >= 0.6 is 23.2 Å². The van der Waals surface area contributed by atoms with Gasteiger partial charge in [0, 0.05) is 24.1 Å². The lowest BCUT2D eigenvalue weighted by Gasteiger charge is -2.23. The molecule has 8 nitrogen and oxygen atoms in total. The SMILES string of the molecule is CCCCCN(CC(=O)Nc1cc(C(C)(C)C)nn1-c1ccc(Cl)c(Cl)c1)C(=O)c1ccc(OC)cc1OC. The summed E-state index contributed by atoms with van der Waals surface area (Å²) in [6, 6.07) is 12.0. The highest BCUT2D eigenvalue weighted by Gasteiger charge is 2.25. The number of hydrogen-bond donors (Lipinski definition) is 1. The number of carbonyl (C=O) groups excluding carboxylic acids is 2. The molecule has 1 N–H and O–H groups in total. The van der Waals surface area contributed by atoms with Crippen molar-refractivity contribution in [3.63, 3.8) is 0 Å². The highest BCUT2D eigenvalue weighted by atomic mass is 35.5. The van der Waals surface area contributed by atoms with Gasteiger partial charge in [0.15, 0.2) is 0 Å². The highest BCUT2D eigenvalue weighted by Crippen LogP contribution is 2.30. The summed E-state index contributed by atoms with van der Waals surface area (Å²) in [6.45, 7) is 8.48. The summed E-state index contributed by atoms with van der Waals surface area (Å²) in [5.41, 5.74) is 1.52. The standard InChI is InChI=1S/C29H36Cl2N4O4/c1-7-8-9-14-34(28(37)21-12-11-20(38-5)16-24(21)39-6)18-27(36)32-26-17-25(29(2,3)4)33-35(26)19-10-13-22(30)23(31)15-19/h10-13,15-17H,7-9,14,18H2,1-6H3,(H,32,36). The van der Waals surface area contributed by atoms with Crippen molar-refractivity contribution in [1.29, 1.82) is 0 Å². The molecule has 0 fully saturated rings. The van der Waals surface area contributed by atoms with E-state index in [9.17, 15) is 9.59 Å². The molecule has 39 heavy (non-hydrogen) atoms. The van der Waals surface area contributed by atoms with E-state index in [4.69, 9.17) is 37.8 Å². The van der Waals surface area contributed by atoms with Crippen LogP contribution < -0.4 is 14.8 Å². The van der Waals surface area contributed by atoms with Gasteiger partial charge in [-0.15, -0.1) is 0 Å². The van der Waals surface area contributed by atoms with E-state index in [1.165, 1.54) is 7.11 Å². The zero-order chi connectivity index (χ0) is 28.7. The fourth-order valence-corrected chi connectivity index (χ4v) is 4.25. The number of unbranched alkanes of at least 4 members (excludes halogenated alkanes) is 2. The maximum Gasteiger partial charge on any atom is 0.258 e. The number of ether oxygens (including phenoxy) is 2. The average Bonchev–Trinajstić information content (AvgIpc) is 3.33. The van der Waals surface area contributed by atoms with Gasteiger partial charge in [0.25, 0.3) is 5.91 Å². The number of methoxy groups -OCH3 is 2. The van der Waals surface area contributed by atoms with Gasteiger partial charge in [-0.25, -0.2) is 4.68 Å². The van der Waals surface area contributed by atoms with Crippen molar-refractivity contribution in [1.82, 2.24) is 14.7 Å². The van der Waals surface area contributed by atoms with Crippen LogP contribution in [0, 0.1) is 0 Å². The maximum atomic E-state index is 13.6. The van der Waals surface area contributed by atoms with Crippen molar-refractivity contribution in [3.05, 3.63) is 63.8 Å². The Morgan fingerprint density at radius 1 is 1.00 bits per heavy atom. The van der Waals surface area contributed by atoms with E-state index in [-0.39, 0.29) is 23.8 Å². The van der Waals surface area contributed by atoms with Crippen molar-refractivity contribution in [3.8, 4) is 17.2 Å². The molecule has 0 atom stereocenters. The maximum absolute atomic E-state index is 13.6. The molecule has 0 aliphatic rings. The lowest BCUT2D eigenvalue weighted by molar-refractivity contribution is -0.117. The molecule has 210 valence electrons. The average molecular weight is 576 g/mol. The summed E-state index contributed by atoms with van der Waals surface area (Å²) in [7, 11) is 3.04. The molecule has 1 heterocycles. The van der Waals surface area contributed by atoms with E-state index in [2.05, 4.69) is 12.2 Å². The summed E-state index contributed by atoms with van der Waals surface area (Å²) in [6.07, 6.45) is 2.69. The summed E-state index contributed by atoms with van der Waals surface area (Å²) in [5, 5.41) is 8.47. The van der Waals surface area contributed by atoms with Gasteiger partial charge in [0.1, 0.15) is 23.9 Å². The minimum absolute atomic E-state index is 0.144. The molecular weight excluding hydrogens is 539 g/mol. The lowest BCUT2D eigenvalue weighted by Crippen LogP contribution is -2.39. The third-order valence-corrected chi connectivity index (χ3v) is 6.92.